The number of para-hydroxylation sites is 1. The van der Waals surface area contributed by atoms with E-state index < -0.39 is 5.54 Å². The molecule has 1 aromatic carbocycles. The van der Waals surface area contributed by atoms with Gasteiger partial charge in [-0.15, -0.1) is 10.2 Å². The fourth-order valence-electron chi connectivity index (χ4n) is 3.75. The minimum atomic E-state index is -0.836. The number of fused-ring (bicyclic) bond motifs is 2. The molecule has 0 saturated heterocycles. The van der Waals surface area contributed by atoms with Crippen LogP contribution < -0.4 is 5.32 Å². The Kier molecular flexibility index (Phi) is 4.47. The number of benzene rings is 1. The van der Waals surface area contributed by atoms with Gasteiger partial charge in [-0.1, -0.05) is 32.0 Å². The van der Waals surface area contributed by atoms with Gasteiger partial charge < -0.3 is 15.0 Å². The molecular weight excluding hydrogens is 342 g/mol. The molecule has 27 heavy (non-hydrogen) atoms. The number of hydrogen-bond donors (Lipinski definition) is 2. The van der Waals surface area contributed by atoms with Crippen molar-refractivity contribution in [1.82, 2.24) is 25.1 Å². The van der Waals surface area contributed by atoms with E-state index in [1.165, 1.54) is 10.9 Å². The van der Waals surface area contributed by atoms with Gasteiger partial charge >= 0.3 is 0 Å². The number of H-pyrrole nitrogens is 1. The average molecular weight is 367 g/mol. The van der Waals surface area contributed by atoms with Crippen molar-refractivity contribution in [3.8, 4) is 0 Å². The van der Waals surface area contributed by atoms with Crippen LogP contribution in [0.3, 0.4) is 0 Å². The Labute approximate surface area is 158 Å². The molecule has 0 fully saturated rings. The molecule has 4 rings (SSSR count). The molecule has 0 spiro atoms. The van der Waals surface area contributed by atoms with Crippen molar-refractivity contribution in [2.45, 2.75) is 45.3 Å². The molecular formula is C20H25N5O2. The van der Waals surface area contributed by atoms with E-state index >= 15 is 0 Å². The van der Waals surface area contributed by atoms with Crippen LogP contribution in [0.5, 0.6) is 0 Å². The Morgan fingerprint density at radius 2 is 2.19 bits per heavy atom. The quantitative estimate of drug-likeness (QED) is 0.726. The first-order valence-corrected chi connectivity index (χ1v) is 9.36. The number of rotatable bonds is 5. The van der Waals surface area contributed by atoms with Crippen LogP contribution in [0.25, 0.3) is 10.9 Å². The van der Waals surface area contributed by atoms with E-state index in [-0.39, 0.29) is 11.8 Å². The van der Waals surface area contributed by atoms with Crippen LogP contribution in [0.1, 0.15) is 43.9 Å². The number of aromatic nitrogens is 4. The summed E-state index contributed by atoms with van der Waals surface area (Å²) in [6, 6.07) is 8.19. The highest BCUT2D eigenvalue weighted by Crippen LogP contribution is 2.29. The molecule has 2 N–H and O–H groups in total. The molecule has 142 valence electrons. The first-order valence-electron chi connectivity index (χ1n) is 9.36. The topological polar surface area (TPSA) is 84.8 Å². The molecule has 1 amide bonds. The van der Waals surface area contributed by atoms with Crippen molar-refractivity contribution in [2.24, 2.45) is 0 Å². The number of ether oxygens (including phenoxy) is 1. The van der Waals surface area contributed by atoms with Crippen LogP contribution in [0, 0.1) is 0 Å². The summed E-state index contributed by atoms with van der Waals surface area (Å²) in [4.78, 5) is 16.3. The fraction of sp³-hybridized carbons (Fsp3) is 0.450. The molecule has 3 aromatic rings. The van der Waals surface area contributed by atoms with Gasteiger partial charge in [0.15, 0.2) is 5.82 Å². The lowest BCUT2D eigenvalue weighted by molar-refractivity contribution is -0.135. The van der Waals surface area contributed by atoms with Crippen LogP contribution in [-0.4, -0.2) is 38.8 Å². The summed E-state index contributed by atoms with van der Waals surface area (Å²) in [5, 5.41) is 12.8. The number of amides is 1. The Morgan fingerprint density at radius 3 is 3.00 bits per heavy atom. The molecule has 1 atom stereocenters. The number of nitrogens with one attached hydrogen (secondary N) is 2. The summed E-state index contributed by atoms with van der Waals surface area (Å²) in [6.45, 7) is 7.27. The molecule has 0 radical (unpaired) electrons. The van der Waals surface area contributed by atoms with Gasteiger partial charge in [0.2, 0.25) is 5.91 Å². The first-order chi connectivity index (χ1) is 13.0. The molecule has 0 bridgehead atoms. The average Bonchev–Trinajstić information content (AvgIpc) is 3.27. The van der Waals surface area contributed by atoms with Crippen LogP contribution >= 0.6 is 0 Å². The van der Waals surface area contributed by atoms with Crippen LogP contribution in [0.4, 0.5) is 0 Å². The molecule has 1 unspecified atom stereocenters. The highest BCUT2D eigenvalue weighted by Gasteiger charge is 2.42. The van der Waals surface area contributed by atoms with Crippen molar-refractivity contribution < 1.29 is 9.53 Å². The van der Waals surface area contributed by atoms with E-state index in [2.05, 4.69) is 46.5 Å². The van der Waals surface area contributed by atoms with Gasteiger partial charge in [-0.25, -0.2) is 0 Å². The lowest BCUT2D eigenvalue weighted by Crippen LogP contribution is -2.53. The Balaban J connectivity index is 1.50. The third kappa shape index (κ3) is 3.02. The monoisotopic (exact) mass is 367 g/mol. The first kappa shape index (κ1) is 17.7. The van der Waals surface area contributed by atoms with Gasteiger partial charge in [0.1, 0.15) is 18.0 Å². The molecule has 3 heterocycles. The van der Waals surface area contributed by atoms with Crippen LogP contribution in [0.2, 0.25) is 0 Å². The van der Waals surface area contributed by atoms with Gasteiger partial charge in [-0.2, -0.15) is 0 Å². The van der Waals surface area contributed by atoms with Crippen molar-refractivity contribution in [3.05, 3.63) is 47.7 Å². The third-order valence-electron chi connectivity index (χ3n) is 5.22. The van der Waals surface area contributed by atoms with Crippen molar-refractivity contribution in [2.75, 3.05) is 13.2 Å². The normalized spacial score (nSPS) is 19.4. The van der Waals surface area contributed by atoms with Crippen molar-refractivity contribution in [3.63, 3.8) is 0 Å². The zero-order valence-electron chi connectivity index (χ0n) is 16.0. The largest absolute Gasteiger partial charge is 0.370 e. The maximum atomic E-state index is 13.1. The highest BCUT2D eigenvalue weighted by molar-refractivity contribution is 5.85. The standard InChI is InChI=1S/C20H25N5O2/c1-13(2)18-24-23-17-11-27-12-20(3,25(17)18)19(26)21-9-8-14-10-22-16-7-5-4-6-15(14)16/h4-7,10,13,22H,8-9,11-12H2,1-3H3,(H,21,26). The number of carbonyl (C=O) groups is 1. The second-order valence-electron chi connectivity index (χ2n) is 7.60. The maximum Gasteiger partial charge on any atom is 0.248 e. The smallest absolute Gasteiger partial charge is 0.248 e. The lowest BCUT2D eigenvalue weighted by Gasteiger charge is -2.35. The maximum absolute atomic E-state index is 13.1. The van der Waals surface area contributed by atoms with Crippen LogP contribution in [0.15, 0.2) is 30.5 Å². The summed E-state index contributed by atoms with van der Waals surface area (Å²) in [7, 11) is 0. The van der Waals surface area contributed by atoms with Crippen molar-refractivity contribution in [1.29, 1.82) is 0 Å². The van der Waals surface area contributed by atoms with E-state index in [0.717, 1.165) is 17.8 Å². The summed E-state index contributed by atoms with van der Waals surface area (Å²) >= 11 is 0. The molecule has 2 aromatic heterocycles. The molecule has 1 aliphatic heterocycles. The van der Waals surface area contributed by atoms with E-state index in [1.807, 2.05) is 29.8 Å². The second-order valence-corrected chi connectivity index (χ2v) is 7.60. The Hall–Kier alpha value is -2.67. The number of aromatic amines is 1. The third-order valence-corrected chi connectivity index (χ3v) is 5.22. The molecule has 7 nitrogen and oxygen atoms in total. The SMILES string of the molecule is CC(C)c1nnc2n1C(C)(C(=O)NCCc1c[nH]c3ccccc13)COC2. The lowest BCUT2D eigenvalue weighted by atomic mass is 9.98. The fourth-order valence-corrected chi connectivity index (χ4v) is 3.75. The predicted octanol–water partition coefficient (Wildman–Crippen LogP) is 2.49. The van der Waals surface area contributed by atoms with Gasteiger partial charge in [-0.3, -0.25) is 9.36 Å². The Bertz CT molecular complexity index is 974. The van der Waals surface area contributed by atoms with E-state index in [1.54, 1.807) is 0 Å². The van der Waals surface area contributed by atoms with Crippen LogP contribution in [-0.2, 0) is 28.1 Å². The summed E-state index contributed by atoms with van der Waals surface area (Å²) in [6.07, 6.45) is 2.77. The van der Waals surface area contributed by atoms with Gasteiger partial charge in [0.25, 0.3) is 0 Å². The number of carbonyl (C=O) groups excluding carboxylic acids is 1. The van der Waals surface area contributed by atoms with E-state index in [4.69, 9.17) is 4.74 Å². The predicted molar refractivity (Wildman–Crippen MR) is 102 cm³/mol. The van der Waals surface area contributed by atoms with Gasteiger partial charge in [-0.05, 0) is 25.0 Å². The zero-order valence-corrected chi connectivity index (χ0v) is 16.0. The second kappa shape index (κ2) is 6.81. The highest BCUT2D eigenvalue weighted by atomic mass is 16.5. The summed E-state index contributed by atoms with van der Waals surface area (Å²) < 4.78 is 7.61. The van der Waals surface area contributed by atoms with Crippen molar-refractivity contribution >= 4 is 16.8 Å². The van der Waals surface area contributed by atoms with Gasteiger partial charge in [0.05, 0.1) is 6.61 Å². The van der Waals surface area contributed by atoms with Gasteiger partial charge in [0, 0.05) is 29.6 Å². The Morgan fingerprint density at radius 1 is 1.37 bits per heavy atom. The molecule has 1 aliphatic rings. The number of nitrogens with zero attached hydrogens (tertiary/aromatic N) is 3. The zero-order chi connectivity index (χ0) is 19.0. The minimum absolute atomic E-state index is 0.0648. The molecule has 0 aliphatic carbocycles. The van der Waals surface area contributed by atoms with E-state index in [0.29, 0.717) is 25.6 Å². The summed E-state index contributed by atoms with van der Waals surface area (Å²) in [5.41, 5.74) is 1.47. The summed E-state index contributed by atoms with van der Waals surface area (Å²) in [5.74, 6) is 1.65. The molecule has 0 saturated carbocycles. The molecule has 7 heteroatoms. The minimum Gasteiger partial charge on any atom is -0.370 e. The number of hydrogen-bond acceptors (Lipinski definition) is 4. The van der Waals surface area contributed by atoms with E-state index in [9.17, 15) is 4.79 Å².